The van der Waals surface area contributed by atoms with Gasteiger partial charge in [0.1, 0.15) is 17.3 Å². The van der Waals surface area contributed by atoms with E-state index in [2.05, 4.69) is 22.8 Å². The monoisotopic (exact) mass is 541 g/mol. The largest absolute Gasteiger partial charge is 0.368 e. The summed E-state index contributed by atoms with van der Waals surface area (Å²) in [6.45, 7) is 9.99. The number of halogens is 3. The summed E-state index contributed by atoms with van der Waals surface area (Å²) < 4.78 is 29.4. The van der Waals surface area contributed by atoms with Crippen molar-refractivity contribution in [1.29, 1.82) is 0 Å². The molecule has 38 heavy (non-hydrogen) atoms. The average Bonchev–Trinajstić information content (AvgIpc) is 3.17. The number of benzene rings is 2. The van der Waals surface area contributed by atoms with Crippen molar-refractivity contribution in [1.82, 2.24) is 14.4 Å². The molecule has 0 unspecified atom stereocenters. The summed E-state index contributed by atoms with van der Waals surface area (Å²) in [6.07, 6.45) is 0. The number of piperazine rings is 2. The molecule has 9 heteroatoms. The Labute approximate surface area is 228 Å². The number of aromatic nitrogens is 1. The van der Waals surface area contributed by atoms with Crippen molar-refractivity contribution in [3.63, 3.8) is 0 Å². The van der Waals surface area contributed by atoms with Gasteiger partial charge in [-0.3, -0.25) is 9.69 Å². The van der Waals surface area contributed by atoms with Gasteiger partial charge in [0.15, 0.2) is 0 Å². The van der Waals surface area contributed by atoms with Crippen LogP contribution in [0.2, 0.25) is 5.02 Å². The van der Waals surface area contributed by atoms with E-state index in [1.54, 1.807) is 0 Å². The third kappa shape index (κ3) is 5.38. The fourth-order valence-corrected chi connectivity index (χ4v) is 5.84. The van der Waals surface area contributed by atoms with Crippen LogP contribution in [0.4, 0.5) is 20.2 Å². The Kier molecular flexibility index (Phi) is 7.63. The summed E-state index contributed by atoms with van der Waals surface area (Å²) in [6, 6.07) is 13.4. The number of amides is 1. The Balaban J connectivity index is 1.22. The Morgan fingerprint density at radius 1 is 0.947 bits per heavy atom. The molecule has 0 aliphatic carbocycles. The van der Waals surface area contributed by atoms with E-state index in [4.69, 9.17) is 11.6 Å². The molecule has 1 amide bonds. The lowest BCUT2D eigenvalue weighted by Gasteiger charge is -2.41. The molecule has 0 bridgehead atoms. The quantitative estimate of drug-likeness (QED) is 0.458. The molecule has 2 aliphatic heterocycles. The molecule has 2 saturated heterocycles. The van der Waals surface area contributed by atoms with Crippen LogP contribution in [-0.2, 0) is 13.6 Å². The van der Waals surface area contributed by atoms with Crippen molar-refractivity contribution in [2.45, 2.75) is 26.4 Å². The van der Waals surface area contributed by atoms with Gasteiger partial charge in [0.2, 0.25) is 0 Å². The van der Waals surface area contributed by atoms with Gasteiger partial charge in [-0.15, -0.1) is 0 Å². The van der Waals surface area contributed by atoms with Crippen LogP contribution in [0, 0.1) is 18.6 Å². The smallest absolute Gasteiger partial charge is 0.270 e. The first kappa shape index (κ1) is 26.5. The van der Waals surface area contributed by atoms with Gasteiger partial charge < -0.3 is 19.3 Å². The normalized spacial score (nSPS) is 18.8. The Hall–Kier alpha value is -3.10. The number of rotatable bonds is 5. The van der Waals surface area contributed by atoms with E-state index in [9.17, 15) is 13.6 Å². The molecule has 5 rings (SSSR count). The van der Waals surface area contributed by atoms with E-state index in [-0.39, 0.29) is 11.9 Å². The molecule has 2 aromatic carbocycles. The molecule has 0 radical (unpaired) electrons. The van der Waals surface area contributed by atoms with Crippen molar-refractivity contribution in [2.24, 2.45) is 7.05 Å². The standard InChI is InChI=1S/C29H34ClF2N5O/c1-20-18-36(25-16-23(31)15-24(32)17-25)12-13-37(20)29(38)28-14-22(21(2)33(28)3)19-34-8-10-35(11-9-34)27-7-5-4-6-26(27)30/h4-7,14-17,20H,8-13,18-19H2,1-3H3/t20-/m0/s1. The van der Waals surface area contributed by atoms with Crippen LogP contribution in [0.25, 0.3) is 0 Å². The molecule has 1 aromatic heterocycles. The fraction of sp³-hybridized carbons (Fsp3) is 0.414. The van der Waals surface area contributed by atoms with Crippen molar-refractivity contribution >= 4 is 28.9 Å². The maximum Gasteiger partial charge on any atom is 0.270 e. The summed E-state index contributed by atoms with van der Waals surface area (Å²) in [4.78, 5) is 22.2. The van der Waals surface area contributed by atoms with E-state index in [0.717, 1.165) is 60.8 Å². The molecule has 0 N–H and O–H groups in total. The van der Waals surface area contributed by atoms with Crippen LogP contribution in [0.5, 0.6) is 0 Å². The number of anilines is 2. The van der Waals surface area contributed by atoms with Gasteiger partial charge in [-0.25, -0.2) is 8.78 Å². The average molecular weight is 542 g/mol. The zero-order chi connectivity index (χ0) is 27.0. The van der Waals surface area contributed by atoms with E-state index >= 15 is 0 Å². The second-order valence-corrected chi connectivity index (χ2v) is 10.7. The van der Waals surface area contributed by atoms with Crippen molar-refractivity contribution in [3.05, 3.63) is 82.1 Å². The first-order valence-corrected chi connectivity index (χ1v) is 13.5. The third-order valence-corrected chi connectivity index (χ3v) is 8.24. The highest BCUT2D eigenvalue weighted by molar-refractivity contribution is 6.33. The van der Waals surface area contributed by atoms with Crippen molar-refractivity contribution < 1.29 is 13.6 Å². The van der Waals surface area contributed by atoms with Crippen LogP contribution in [0.15, 0.2) is 48.5 Å². The number of hydrogen-bond acceptors (Lipinski definition) is 4. The van der Waals surface area contributed by atoms with Gasteiger partial charge in [0.25, 0.3) is 5.91 Å². The number of carbonyl (C=O) groups excluding carboxylic acids is 1. The lowest BCUT2D eigenvalue weighted by atomic mass is 10.1. The minimum absolute atomic E-state index is 0.0111. The van der Waals surface area contributed by atoms with E-state index in [1.807, 2.05) is 52.6 Å². The van der Waals surface area contributed by atoms with Crippen molar-refractivity contribution in [2.75, 3.05) is 55.6 Å². The molecule has 1 atom stereocenters. The first-order chi connectivity index (χ1) is 18.2. The van der Waals surface area contributed by atoms with Crippen LogP contribution in [0.1, 0.15) is 28.7 Å². The molecule has 3 aromatic rings. The van der Waals surface area contributed by atoms with Gasteiger partial charge in [0.05, 0.1) is 10.7 Å². The summed E-state index contributed by atoms with van der Waals surface area (Å²) in [7, 11) is 1.94. The lowest BCUT2D eigenvalue weighted by molar-refractivity contribution is 0.0664. The Morgan fingerprint density at radius 3 is 2.26 bits per heavy atom. The molecular weight excluding hydrogens is 508 g/mol. The zero-order valence-electron chi connectivity index (χ0n) is 22.1. The molecular formula is C29H34ClF2N5O. The molecule has 0 spiro atoms. The van der Waals surface area contributed by atoms with Crippen LogP contribution in [-0.4, -0.2) is 72.1 Å². The third-order valence-electron chi connectivity index (χ3n) is 7.92. The summed E-state index contributed by atoms with van der Waals surface area (Å²) >= 11 is 6.39. The topological polar surface area (TPSA) is 35.0 Å². The number of para-hydroxylation sites is 1. The van der Waals surface area contributed by atoms with E-state index in [0.29, 0.717) is 31.0 Å². The molecule has 2 fully saturated rings. The number of nitrogens with zero attached hydrogens (tertiary/aromatic N) is 5. The van der Waals surface area contributed by atoms with Crippen LogP contribution in [0.3, 0.4) is 0 Å². The minimum Gasteiger partial charge on any atom is -0.368 e. The maximum atomic E-state index is 13.7. The van der Waals surface area contributed by atoms with E-state index < -0.39 is 11.6 Å². The van der Waals surface area contributed by atoms with Gasteiger partial charge in [0, 0.05) is 82.9 Å². The Bertz CT molecular complexity index is 1300. The second-order valence-electron chi connectivity index (χ2n) is 10.3. The summed E-state index contributed by atoms with van der Waals surface area (Å²) in [5.74, 6) is -1.20. The number of carbonyl (C=O) groups is 1. The molecule has 6 nitrogen and oxygen atoms in total. The van der Waals surface area contributed by atoms with Gasteiger partial charge in [-0.05, 0) is 49.7 Å². The van der Waals surface area contributed by atoms with Crippen LogP contribution >= 0.6 is 11.6 Å². The van der Waals surface area contributed by atoms with E-state index in [1.165, 1.54) is 12.1 Å². The predicted molar refractivity (Wildman–Crippen MR) is 148 cm³/mol. The van der Waals surface area contributed by atoms with Gasteiger partial charge >= 0.3 is 0 Å². The highest BCUT2D eigenvalue weighted by atomic mass is 35.5. The van der Waals surface area contributed by atoms with Crippen molar-refractivity contribution in [3.8, 4) is 0 Å². The highest BCUT2D eigenvalue weighted by Gasteiger charge is 2.31. The number of hydrogen-bond donors (Lipinski definition) is 0. The van der Waals surface area contributed by atoms with Crippen LogP contribution < -0.4 is 9.80 Å². The predicted octanol–water partition coefficient (Wildman–Crippen LogP) is 4.94. The molecule has 202 valence electrons. The maximum absolute atomic E-state index is 13.7. The highest BCUT2D eigenvalue weighted by Crippen LogP contribution is 2.27. The first-order valence-electron chi connectivity index (χ1n) is 13.1. The SMILES string of the molecule is Cc1c(CN2CCN(c3ccccc3Cl)CC2)cc(C(=O)N2CCN(c3cc(F)cc(F)c3)C[C@@H]2C)n1C. The minimum atomic E-state index is -0.594. The summed E-state index contributed by atoms with van der Waals surface area (Å²) in [5.41, 5.74) is 4.50. The zero-order valence-corrected chi connectivity index (χ0v) is 22.9. The molecule has 0 saturated carbocycles. The fourth-order valence-electron chi connectivity index (χ4n) is 5.59. The van der Waals surface area contributed by atoms with Gasteiger partial charge in [-0.2, -0.15) is 0 Å². The van der Waals surface area contributed by atoms with Gasteiger partial charge in [-0.1, -0.05) is 23.7 Å². The second kappa shape index (κ2) is 10.9. The molecule has 2 aliphatic rings. The summed E-state index contributed by atoms with van der Waals surface area (Å²) in [5, 5.41) is 0.779. The molecule has 3 heterocycles. The Morgan fingerprint density at radius 2 is 1.61 bits per heavy atom. The lowest BCUT2D eigenvalue weighted by Crippen LogP contribution is -2.54.